The van der Waals surface area contributed by atoms with Gasteiger partial charge in [0.1, 0.15) is 5.82 Å². The fourth-order valence-corrected chi connectivity index (χ4v) is 4.85. The van der Waals surface area contributed by atoms with Gasteiger partial charge in [0.2, 0.25) is 5.95 Å². The number of rotatable bonds is 7. The minimum atomic E-state index is -0.205. The van der Waals surface area contributed by atoms with Crippen molar-refractivity contribution < 1.29 is 4.39 Å². The molecule has 2 aromatic carbocycles. The Bertz CT molecular complexity index is 1060. The summed E-state index contributed by atoms with van der Waals surface area (Å²) in [6.45, 7) is 6.21. The van der Waals surface area contributed by atoms with E-state index in [-0.39, 0.29) is 5.82 Å². The highest BCUT2D eigenvalue weighted by Crippen LogP contribution is 2.31. The molecule has 2 unspecified atom stereocenters. The number of piperazine rings is 1. The number of halogens is 1. The summed E-state index contributed by atoms with van der Waals surface area (Å²) < 4.78 is 13.3. The van der Waals surface area contributed by atoms with Crippen LogP contribution in [-0.4, -0.2) is 46.6 Å². The predicted molar refractivity (Wildman–Crippen MR) is 121 cm³/mol. The number of hydrogen-bond acceptors (Lipinski definition) is 5. The first kappa shape index (κ1) is 20.1. The van der Waals surface area contributed by atoms with E-state index in [4.69, 9.17) is 4.98 Å². The van der Waals surface area contributed by atoms with Gasteiger partial charge in [-0.1, -0.05) is 37.3 Å². The molecule has 0 radical (unpaired) electrons. The van der Waals surface area contributed by atoms with Gasteiger partial charge in [0.25, 0.3) is 0 Å². The van der Waals surface area contributed by atoms with Crippen LogP contribution in [0, 0.1) is 11.7 Å². The fraction of sp³-hybridized carbons (Fsp3) is 0.360. The second-order valence-corrected chi connectivity index (χ2v) is 8.64. The molecule has 5 rings (SSSR count). The van der Waals surface area contributed by atoms with E-state index < -0.39 is 0 Å². The Balaban J connectivity index is 1.24. The molecule has 2 N–H and O–H groups in total. The van der Waals surface area contributed by atoms with Crippen molar-refractivity contribution in [3.63, 3.8) is 0 Å². The van der Waals surface area contributed by atoms with Gasteiger partial charge < -0.3 is 10.6 Å². The monoisotopic (exact) mass is 417 g/mol. The number of aromatic nitrogens is 2. The third kappa shape index (κ3) is 4.45. The molecule has 2 aliphatic heterocycles. The maximum absolute atomic E-state index is 13.3. The lowest BCUT2D eigenvalue weighted by Crippen LogP contribution is -2.42. The molecule has 3 atom stereocenters. The summed E-state index contributed by atoms with van der Waals surface area (Å²) in [5.41, 5.74) is 4.28. The lowest BCUT2D eigenvalue weighted by molar-refractivity contribution is 0.210. The van der Waals surface area contributed by atoms with E-state index >= 15 is 0 Å². The van der Waals surface area contributed by atoms with Gasteiger partial charge in [0, 0.05) is 50.0 Å². The summed E-state index contributed by atoms with van der Waals surface area (Å²) in [5, 5.41) is 6.87. The van der Waals surface area contributed by atoms with E-state index in [9.17, 15) is 4.39 Å². The molecule has 31 heavy (non-hydrogen) atoms. The van der Waals surface area contributed by atoms with E-state index in [2.05, 4.69) is 51.7 Å². The molecule has 3 aromatic rings. The molecular weight excluding hydrogens is 389 g/mol. The minimum absolute atomic E-state index is 0.205. The number of fused-ring (bicyclic) bond motifs is 2. The van der Waals surface area contributed by atoms with Crippen LogP contribution in [0.1, 0.15) is 18.1 Å². The van der Waals surface area contributed by atoms with Crippen molar-refractivity contribution in [1.82, 2.24) is 20.2 Å². The normalized spacial score (nSPS) is 22.7. The van der Waals surface area contributed by atoms with Gasteiger partial charge in [-0.15, -0.1) is 0 Å². The Morgan fingerprint density at radius 3 is 2.81 bits per heavy atom. The Hall–Kier alpha value is -2.83. The first-order chi connectivity index (χ1) is 15.2. The summed E-state index contributed by atoms with van der Waals surface area (Å²) >= 11 is 0. The van der Waals surface area contributed by atoms with Gasteiger partial charge in [-0.3, -0.25) is 4.90 Å². The topological polar surface area (TPSA) is 53.1 Å². The molecule has 0 amide bonds. The molecule has 2 bridgehead atoms. The molecule has 6 heteroatoms. The van der Waals surface area contributed by atoms with Crippen LogP contribution in [-0.2, 0) is 13.0 Å². The van der Waals surface area contributed by atoms with Crippen LogP contribution in [0.3, 0.4) is 0 Å². The third-order valence-electron chi connectivity index (χ3n) is 6.58. The van der Waals surface area contributed by atoms with Crippen LogP contribution in [0.15, 0.2) is 60.8 Å². The summed E-state index contributed by atoms with van der Waals surface area (Å²) in [4.78, 5) is 11.6. The van der Waals surface area contributed by atoms with Crippen LogP contribution in [0.4, 0.5) is 10.3 Å². The van der Waals surface area contributed by atoms with E-state index in [1.165, 1.54) is 11.6 Å². The SMILES string of the molecule is C[C@H]1C2CN(Cc3cccc(-c4ccnc(NCCc5cccc(F)c5)n4)c3)C1CN2. The average molecular weight is 418 g/mol. The highest BCUT2D eigenvalue weighted by atomic mass is 19.1. The Labute approximate surface area is 182 Å². The zero-order chi connectivity index (χ0) is 21.2. The minimum Gasteiger partial charge on any atom is -0.354 e. The lowest BCUT2D eigenvalue weighted by atomic mass is 10.0. The first-order valence-corrected chi connectivity index (χ1v) is 11.0. The van der Waals surface area contributed by atoms with Crippen LogP contribution in [0.25, 0.3) is 11.3 Å². The molecule has 2 aliphatic rings. The van der Waals surface area contributed by atoms with E-state index in [1.54, 1.807) is 18.3 Å². The highest BCUT2D eigenvalue weighted by molar-refractivity contribution is 5.61. The number of likely N-dealkylation sites (tertiary alicyclic amines) is 1. The summed E-state index contributed by atoms with van der Waals surface area (Å²) in [5.74, 6) is 1.12. The number of benzene rings is 2. The van der Waals surface area contributed by atoms with E-state index in [1.807, 2.05) is 12.1 Å². The summed E-state index contributed by atoms with van der Waals surface area (Å²) in [6, 6.07) is 18.6. The van der Waals surface area contributed by atoms with Crippen LogP contribution in [0.5, 0.6) is 0 Å². The zero-order valence-electron chi connectivity index (χ0n) is 17.8. The van der Waals surface area contributed by atoms with Crippen molar-refractivity contribution in [3.8, 4) is 11.3 Å². The molecule has 160 valence electrons. The predicted octanol–water partition coefficient (Wildman–Crippen LogP) is 3.73. The standard InChI is InChI=1S/C25H28FN5/c1-17-23-16-31(24(17)14-29-23)15-19-5-2-6-20(12-19)22-9-11-28-25(30-22)27-10-8-18-4-3-7-21(26)13-18/h2-7,9,11-13,17,23-24,29H,8,10,14-16H2,1H3,(H,27,28,30)/t17-,23?,24?/m0/s1. The van der Waals surface area contributed by atoms with Crippen LogP contribution in [0.2, 0.25) is 0 Å². The Morgan fingerprint density at radius 1 is 1.13 bits per heavy atom. The molecule has 2 saturated heterocycles. The molecule has 2 fully saturated rings. The highest BCUT2D eigenvalue weighted by Gasteiger charge is 2.43. The number of hydrogen-bond donors (Lipinski definition) is 2. The quantitative estimate of drug-likeness (QED) is 0.614. The van der Waals surface area contributed by atoms with Crippen molar-refractivity contribution >= 4 is 5.95 Å². The Kier molecular flexibility index (Phi) is 5.66. The van der Waals surface area contributed by atoms with Crippen LogP contribution < -0.4 is 10.6 Å². The van der Waals surface area contributed by atoms with Gasteiger partial charge in [-0.25, -0.2) is 14.4 Å². The number of nitrogens with one attached hydrogen (secondary N) is 2. The van der Waals surface area contributed by atoms with Crippen molar-refractivity contribution in [1.29, 1.82) is 0 Å². The molecule has 1 aromatic heterocycles. The maximum atomic E-state index is 13.3. The van der Waals surface area contributed by atoms with Gasteiger partial charge >= 0.3 is 0 Å². The fourth-order valence-electron chi connectivity index (χ4n) is 4.85. The van der Waals surface area contributed by atoms with Gasteiger partial charge in [-0.2, -0.15) is 0 Å². The maximum Gasteiger partial charge on any atom is 0.223 e. The third-order valence-corrected chi connectivity index (χ3v) is 6.58. The second kappa shape index (κ2) is 8.73. The van der Waals surface area contributed by atoms with Gasteiger partial charge in [-0.05, 0) is 47.7 Å². The zero-order valence-corrected chi connectivity index (χ0v) is 17.8. The van der Waals surface area contributed by atoms with Crippen molar-refractivity contribution in [3.05, 3.63) is 77.7 Å². The molecular formula is C25H28FN5. The van der Waals surface area contributed by atoms with Crippen LogP contribution >= 0.6 is 0 Å². The van der Waals surface area contributed by atoms with Gasteiger partial charge in [0.15, 0.2) is 0 Å². The largest absolute Gasteiger partial charge is 0.354 e. The molecule has 0 aliphatic carbocycles. The molecule has 0 saturated carbocycles. The number of anilines is 1. The molecule has 0 spiro atoms. The Morgan fingerprint density at radius 2 is 2.00 bits per heavy atom. The number of nitrogens with zero attached hydrogens (tertiary/aromatic N) is 3. The molecule has 3 heterocycles. The van der Waals surface area contributed by atoms with Crippen molar-refractivity contribution in [2.75, 3.05) is 25.0 Å². The summed E-state index contributed by atoms with van der Waals surface area (Å²) in [7, 11) is 0. The van der Waals surface area contributed by atoms with Crippen molar-refractivity contribution in [2.24, 2.45) is 5.92 Å². The van der Waals surface area contributed by atoms with E-state index in [0.717, 1.165) is 42.4 Å². The van der Waals surface area contributed by atoms with Gasteiger partial charge in [0.05, 0.1) is 5.69 Å². The first-order valence-electron chi connectivity index (χ1n) is 11.0. The summed E-state index contributed by atoms with van der Waals surface area (Å²) in [6.07, 6.45) is 2.50. The van der Waals surface area contributed by atoms with E-state index in [0.29, 0.717) is 31.0 Å². The molecule has 5 nitrogen and oxygen atoms in total. The second-order valence-electron chi connectivity index (χ2n) is 8.64. The smallest absolute Gasteiger partial charge is 0.223 e. The average Bonchev–Trinajstić information content (AvgIpc) is 3.28. The van der Waals surface area contributed by atoms with Crippen molar-refractivity contribution in [2.45, 2.75) is 32.0 Å². The lowest BCUT2D eigenvalue weighted by Gasteiger charge is -2.27.